The van der Waals surface area contributed by atoms with E-state index in [0.717, 1.165) is 6.42 Å². The highest BCUT2D eigenvalue weighted by Crippen LogP contribution is 2.23. The molecule has 1 aliphatic heterocycles. The first-order chi connectivity index (χ1) is 15.4. The van der Waals surface area contributed by atoms with Gasteiger partial charge in [0.25, 0.3) is 0 Å². The lowest BCUT2D eigenvalue weighted by Crippen LogP contribution is -2.47. The number of piperidine rings is 1. The molecule has 1 aromatic heterocycles. The molecule has 2 heterocycles. The number of esters is 1. The van der Waals surface area contributed by atoms with E-state index in [2.05, 4.69) is 4.98 Å². The van der Waals surface area contributed by atoms with E-state index in [0.29, 0.717) is 43.3 Å². The van der Waals surface area contributed by atoms with Gasteiger partial charge in [0.15, 0.2) is 11.7 Å². The quantitative estimate of drug-likeness (QED) is 0.580. The van der Waals surface area contributed by atoms with Crippen molar-refractivity contribution in [2.45, 2.75) is 32.6 Å². The number of oxazole rings is 1. The molecule has 1 aromatic carbocycles. The Labute approximate surface area is 186 Å². The third-order valence-corrected chi connectivity index (χ3v) is 5.44. The molecular formula is C23H28FN3O5. The summed E-state index contributed by atoms with van der Waals surface area (Å²) in [5.41, 5.74) is 0.308. The number of ether oxygens (including phenoxy) is 1. The molecule has 0 N–H and O–H groups in total. The van der Waals surface area contributed by atoms with Crippen LogP contribution in [0.15, 0.2) is 34.9 Å². The number of hydrogen-bond donors (Lipinski definition) is 0. The summed E-state index contributed by atoms with van der Waals surface area (Å²) in [4.78, 5) is 44.2. The average molecular weight is 445 g/mol. The van der Waals surface area contributed by atoms with Crippen LogP contribution < -0.4 is 0 Å². The molecule has 0 bridgehead atoms. The molecule has 172 valence electrons. The summed E-state index contributed by atoms with van der Waals surface area (Å²) in [5.74, 6) is -0.819. The molecule has 1 fully saturated rings. The predicted octanol–water partition coefficient (Wildman–Crippen LogP) is 2.67. The second-order valence-electron chi connectivity index (χ2n) is 7.78. The van der Waals surface area contributed by atoms with E-state index >= 15 is 0 Å². The Morgan fingerprint density at radius 3 is 2.84 bits per heavy atom. The molecule has 1 unspecified atom stereocenters. The molecule has 0 aliphatic carbocycles. The van der Waals surface area contributed by atoms with Crippen LogP contribution in [0.3, 0.4) is 0 Å². The Morgan fingerprint density at radius 2 is 2.09 bits per heavy atom. The molecule has 2 aromatic rings. The fourth-order valence-electron chi connectivity index (χ4n) is 3.66. The maximum atomic E-state index is 13.9. The highest BCUT2D eigenvalue weighted by atomic mass is 19.1. The summed E-state index contributed by atoms with van der Waals surface area (Å²) in [5, 5.41) is 0. The first-order valence-electron chi connectivity index (χ1n) is 10.8. The number of benzene rings is 1. The van der Waals surface area contributed by atoms with E-state index in [4.69, 9.17) is 9.15 Å². The Bertz CT molecular complexity index is 961. The number of halogens is 1. The van der Waals surface area contributed by atoms with E-state index in [1.54, 1.807) is 37.1 Å². The number of carbonyl (C=O) groups is 3. The Morgan fingerprint density at radius 1 is 1.31 bits per heavy atom. The molecule has 8 nitrogen and oxygen atoms in total. The van der Waals surface area contributed by atoms with Crippen LogP contribution >= 0.6 is 0 Å². The lowest BCUT2D eigenvalue weighted by atomic mass is 9.98. The van der Waals surface area contributed by atoms with Gasteiger partial charge >= 0.3 is 5.97 Å². The van der Waals surface area contributed by atoms with Crippen molar-refractivity contribution in [2.24, 2.45) is 5.92 Å². The van der Waals surface area contributed by atoms with Crippen molar-refractivity contribution in [1.29, 1.82) is 0 Å². The number of aromatic nitrogens is 1. The molecule has 32 heavy (non-hydrogen) atoms. The molecule has 0 radical (unpaired) electrons. The first kappa shape index (κ1) is 23.4. The smallest absolute Gasteiger partial charge is 0.310 e. The second-order valence-corrected chi connectivity index (χ2v) is 7.78. The van der Waals surface area contributed by atoms with Crippen LogP contribution in [0.2, 0.25) is 0 Å². The number of carbonyl (C=O) groups excluding carboxylic acids is 3. The van der Waals surface area contributed by atoms with Crippen LogP contribution in [0, 0.1) is 11.7 Å². The number of aryl methyl sites for hydroxylation is 1. The van der Waals surface area contributed by atoms with Crippen molar-refractivity contribution < 1.29 is 27.9 Å². The third kappa shape index (κ3) is 5.93. The molecule has 1 aliphatic rings. The van der Waals surface area contributed by atoms with Gasteiger partial charge in [-0.3, -0.25) is 14.4 Å². The molecule has 1 saturated heterocycles. The number of hydrogen-bond acceptors (Lipinski definition) is 6. The van der Waals surface area contributed by atoms with Crippen molar-refractivity contribution >= 4 is 17.8 Å². The Hall–Kier alpha value is -3.23. The van der Waals surface area contributed by atoms with E-state index in [1.807, 2.05) is 0 Å². The van der Waals surface area contributed by atoms with Crippen LogP contribution in [0.4, 0.5) is 4.39 Å². The van der Waals surface area contributed by atoms with Gasteiger partial charge in [-0.15, -0.1) is 0 Å². The van der Waals surface area contributed by atoms with Gasteiger partial charge in [-0.1, -0.05) is 12.1 Å². The maximum Gasteiger partial charge on any atom is 0.310 e. The van der Waals surface area contributed by atoms with E-state index in [-0.39, 0.29) is 43.1 Å². The zero-order chi connectivity index (χ0) is 23.1. The van der Waals surface area contributed by atoms with E-state index in [9.17, 15) is 18.8 Å². The van der Waals surface area contributed by atoms with Gasteiger partial charge in [0.2, 0.25) is 11.8 Å². The summed E-state index contributed by atoms with van der Waals surface area (Å²) >= 11 is 0. The van der Waals surface area contributed by atoms with Gasteiger partial charge in [0.05, 0.1) is 30.8 Å². The van der Waals surface area contributed by atoms with Crippen LogP contribution in [-0.2, 0) is 25.5 Å². The fraction of sp³-hybridized carbons (Fsp3) is 0.478. The SMILES string of the molecule is CCOC(=O)C1CCCN(C(=O)CN(C)C(=O)CCc2ncc(-c3ccccc3F)o2)C1. The van der Waals surface area contributed by atoms with Crippen molar-refractivity contribution in [3.05, 3.63) is 42.2 Å². The van der Waals surface area contributed by atoms with Crippen molar-refractivity contribution in [1.82, 2.24) is 14.8 Å². The van der Waals surface area contributed by atoms with Crippen LogP contribution in [-0.4, -0.2) is 65.9 Å². The van der Waals surface area contributed by atoms with Gasteiger partial charge in [-0.25, -0.2) is 9.37 Å². The topological polar surface area (TPSA) is 93.0 Å². The monoisotopic (exact) mass is 445 g/mol. The average Bonchev–Trinajstić information content (AvgIpc) is 3.26. The second kappa shape index (κ2) is 10.9. The summed E-state index contributed by atoms with van der Waals surface area (Å²) in [6.45, 7) is 2.87. The summed E-state index contributed by atoms with van der Waals surface area (Å²) in [6.07, 6.45) is 3.19. The first-order valence-corrected chi connectivity index (χ1v) is 10.8. The summed E-state index contributed by atoms with van der Waals surface area (Å²) < 4.78 is 24.5. The van der Waals surface area contributed by atoms with Crippen LogP contribution in [0.25, 0.3) is 11.3 Å². The molecule has 1 atom stereocenters. The molecule has 3 rings (SSSR count). The number of amides is 2. The molecule has 2 amide bonds. The number of likely N-dealkylation sites (tertiary alicyclic amines) is 1. The predicted molar refractivity (Wildman–Crippen MR) is 114 cm³/mol. The molecule has 0 saturated carbocycles. The molecular weight excluding hydrogens is 417 g/mol. The van der Waals surface area contributed by atoms with Crippen LogP contribution in [0.5, 0.6) is 0 Å². The number of likely N-dealkylation sites (N-methyl/N-ethyl adjacent to an activating group) is 1. The van der Waals surface area contributed by atoms with Crippen molar-refractivity contribution in [2.75, 3.05) is 33.3 Å². The van der Waals surface area contributed by atoms with Gasteiger partial charge in [0, 0.05) is 33.0 Å². The van der Waals surface area contributed by atoms with Gasteiger partial charge in [-0.2, -0.15) is 0 Å². The van der Waals surface area contributed by atoms with E-state index in [1.165, 1.54) is 17.2 Å². The third-order valence-electron chi connectivity index (χ3n) is 5.44. The summed E-state index contributed by atoms with van der Waals surface area (Å²) in [7, 11) is 1.56. The summed E-state index contributed by atoms with van der Waals surface area (Å²) in [6, 6.07) is 6.22. The fourth-order valence-corrected chi connectivity index (χ4v) is 3.66. The molecule has 0 spiro atoms. The molecule has 9 heteroatoms. The zero-order valence-electron chi connectivity index (χ0n) is 18.4. The van der Waals surface area contributed by atoms with Gasteiger partial charge < -0.3 is 19.0 Å². The van der Waals surface area contributed by atoms with Gasteiger partial charge in [-0.05, 0) is 31.9 Å². The largest absolute Gasteiger partial charge is 0.466 e. The lowest BCUT2D eigenvalue weighted by Gasteiger charge is -2.32. The van der Waals surface area contributed by atoms with Gasteiger partial charge in [0.1, 0.15) is 5.82 Å². The van der Waals surface area contributed by atoms with Crippen molar-refractivity contribution in [3.63, 3.8) is 0 Å². The zero-order valence-corrected chi connectivity index (χ0v) is 18.4. The standard InChI is InChI=1S/C23H28FN3O5/c1-3-31-23(30)16-7-6-12-27(14-16)22(29)15-26(2)21(28)11-10-20-25-13-19(32-20)17-8-4-5-9-18(17)24/h4-5,8-9,13,16H,3,6-7,10-12,14-15H2,1-2H3. The number of nitrogens with zero attached hydrogens (tertiary/aromatic N) is 3. The van der Waals surface area contributed by atoms with E-state index < -0.39 is 5.82 Å². The normalized spacial score (nSPS) is 16.0. The minimum absolute atomic E-state index is 0.0690. The highest BCUT2D eigenvalue weighted by Gasteiger charge is 2.30. The number of rotatable bonds is 8. The minimum atomic E-state index is -0.410. The highest BCUT2D eigenvalue weighted by molar-refractivity contribution is 5.85. The Kier molecular flexibility index (Phi) is 7.97. The Balaban J connectivity index is 1.48. The van der Waals surface area contributed by atoms with Crippen LogP contribution in [0.1, 0.15) is 32.1 Å². The minimum Gasteiger partial charge on any atom is -0.466 e. The maximum absolute atomic E-state index is 13.9. The van der Waals surface area contributed by atoms with Crippen molar-refractivity contribution in [3.8, 4) is 11.3 Å². The lowest BCUT2D eigenvalue weighted by molar-refractivity contribution is -0.152.